The fourth-order valence-corrected chi connectivity index (χ4v) is 1.34. The molecule has 0 heterocycles. The van der Waals surface area contributed by atoms with Crippen molar-refractivity contribution in [2.75, 3.05) is 0 Å². The molecule has 0 aliphatic carbocycles. The van der Waals surface area contributed by atoms with Crippen LogP contribution in [0.1, 0.15) is 19.3 Å². The third-order valence-corrected chi connectivity index (χ3v) is 2.13. The van der Waals surface area contributed by atoms with E-state index >= 15 is 0 Å². The maximum Gasteiger partial charge on any atom is 0.0688 e. The lowest BCUT2D eigenvalue weighted by Crippen LogP contribution is -1.91. The van der Waals surface area contributed by atoms with Crippen molar-refractivity contribution in [1.82, 2.24) is 0 Å². The maximum absolute atomic E-state index is 3.68. The summed E-state index contributed by atoms with van der Waals surface area (Å²) in [5, 5.41) is 0. The molecule has 0 unspecified atom stereocenters. The van der Waals surface area contributed by atoms with Gasteiger partial charge in [-0.05, 0) is 19.3 Å². The van der Waals surface area contributed by atoms with Crippen molar-refractivity contribution in [2.24, 2.45) is 0 Å². The highest BCUT2D eigenvalue weighted by Gasteiger charge is 1.85. The molecule has 0 rings (SSSR count). The third-order valence-electron chi connectivity index (χ3n) is 1.23. The first-order valence-corrected chi connectivity index (χ1v) is 6.42. The molecule has 0 aromatic carbocycles. The topological polar surface area (TPSA) is 0 Å². The van der Waals surface area contributed by atoms with E-state index in [-0.39, 0.29) is 8.80 Å². The molecular formula is C9H17Si. The highest BCUT2D eigenvalue weighted by Crippen LogP contribution is 1.97. The molecule has 57 valence electrons. The lowest BCUT2D eigenvalue weighted by molar-refractivity contribution is 0.870. The Balaban J connectivity index is 3.10. The van der Waals surface area contributed by atoms with Crippen molar-refractivity contribution in [3.63, 3.8) is 0 Å². The second-order valence-corrected chi connectivity index (χ2v) is 5.19. The molecule has 0 amide bonds. The zero-order valence-corrected chi connectivity index (χ0v) is 8.06. The summed E-state index contributed by atoms with van der Waals surface area (Å²) in [6.45, 7) is 8.28. The summed E-state index contributed by atoms with van der Waals surface area (Å²) < 4.78 is 0. The molecule has 0 saturated heterocycles. The second-order valence-electron chi connectivity index (χ2n) is 2.70. The molecule has 0 spiro atoms. The van der Waals surface area contributed by atoms with E-state index in [4.69, 9.17) is 0 Å². The fraction of sp³-hybridized carbons (Fsp3) is 0.556. The highest BCUT2D eigenvalue weighted by atomic mass is 28.3. The van der Waals surface area contributed by atoms with Crippen molar-refractivity contribution in [3.05, 3.63) is 24.4 Å². The van der Waals surface area contributed by atoms with Gasteiger partial charge in [0.05, 0.1) is 8.80 Å². The summed E-state index contributed by atoms with van der Waals surface area (Å²) in [7, 11) is -0.128. The molecule has 1 radical (unpaired) electrons. The summed E-state index contributed by atoms with van der Waals surface area (Å²) in [6, 6.07) is 0. The van der Waals surface area contributed by atoms with Crippen LogP contribution in [-0.4, -0.2) is 8.80 Å². The molecule has 0 aromatic heterocycles. The molecule has 0 atom stereocenters. The first kappa shape index (κ1) is 9.70. The van der Waals surface area contributed by atoms with Crippen molar-refractivity contribution >= 4 is 8.80 Å². The Kier molecular flexibility index (Phi) is 6.61. The fourth-order valence-electron chi connectivity index (χ4n) is 0.699. The van der Waals surface area contributed by atoms with Crippen LogP contribution in [0.25, 0.3) is 0 Å². The average molecular weight is 153 g/mol. The Morgan fingerprint density at radius 2 is 2.00 bits per heavy atom. The zero-order valence-electron chi connectivity index (χ0n) is 7.06. The largest absolute Gasteiger partial charge is 0.103 e. The monoisotopic (exact) mass is 153 g/mol. The maximum atomic E-state index is 3.68. The van der Waals surface area contributed by atoms with Gasteiger partial charge in [-0.3, -0.25) is 0 Å². The molecule has 0 bridgehead atoms. The number of hydrogen-bond acceptors (Lipinski definition) is 0. The van der Waals surface area contributed by atoms with Crippen LogP contribution in [0.4, 0.5) is 0 Å². The molecule has 0 aromatic rings. The number of hydrogen-bond donors (Lipinski definition) is 0. The standard InChI is InChI=1S/C9H17Si/c1-4-5-6-7-8-9-10(2)3/h4,8-9H,1,5-7H2,2-3H3. The molecule has 0 N–H and O–H groups in total. The van der Waals surface area contributed by atoms with Gasteiger partial charge in [0.25, 0.3) is 0 Å². The zero-order chi connectivity index (χ0) is 7.82. The Bertz CT molecular complexity index is 103. The Labute approximate surface area is 66.3 Å². The normalized spacial score (nSPS) is 11.1. The van der Waals surface area contributed by atoms with Crippen molar-refractivity contribution in [2.45, 2.75) is 32.4 Å². The van der Waals surface area contributed by atoms with E-state index in [9.17, 15) is 0 Å². The first-order chi connectivity index (χ1) is 4.77. The lowest BCUT2D eigenvalue weighted by Gasteiger charge is -1.91. The third kappa shape index (κ3) is 7.70. The van der Waals surface area contributed by atoms with Crippen molar-refractivity contribution in [1.29, 1.82) is 0 Å². The van der Waals surface area contributed by atoms with Gasteiger partial charge >= 0.3 is 0 Å². The van der Waals surface area contributed by atoms with Crippen molar-refractivity contribution < 1.29 is 0 Å². The van der Waals surface area contributed by atoms with Gasteiger partial charge in [0, 0.05) is 0 Å². The Morgan fingerprint density at radius 1 is 1.30 bits per heavy atom. The van der Waals surface area contributed by atoms with Gasteiger partial charge in [-0.15, -0.1) is 12.3 Å². The van der Waals surface area contributed by atoms with E-state index in [1.807, 2.05) is 6.08 Å². The quantitative estimate of drug-likeness (QED) is 0.323. The molecule has 0 aliphatic rings. The van der Waals surface area contributed by atoms with Crippen LogP contribution in [0.3, 0.4) is 0 Å². The molecule has 0 aliphatic heterocycles. The van der Waals surface area contributed by atoms with Gasteiger partial charge in [-0.2, -0.15) is 0 Å². The predicted octanol–water partition coefficient (Wildman–Crippen LogP) is 3.19. The lowest BCUT2D eigenvalue weighted by atomic mass is 10.2. The van der Waals surface area contributed by atoms with E-state index in [2.05, 4.69) is 31.4 Å². The van der Waals surface area contributed by atoms with E-state index in [1.54, 1.807) is 0 Å². The minimum atomic E-state index is -0.128. The SMILES string of the molecule is C=CCCCC=C[Si](C)C. The van der Waals surface area contributed by atoms with Gasteiger partial charge in [-0.25, -0.2) is 0 Å². The van der Waals surface area contributed by atoms with Crippen LogP contribution in [0, 0.1) is 0 Å². The van der Waals surface area contributed by atoms with Crippen LogP contribution < -0.4 is 0 Å². The van der Waals surface area contributed by atoms with Crippen LogP contribution in [0.15, 0.2) is 24.4 Å². The van der Waals surface area contributed by atoms with Crippen LogP contribution in [-0.2, 0) is 0 Å². The minimum absolute atomic E-state index is 0.128. The number of rotatable bonds is 5. The van der Waals surface area contributed by atoms with Crippen LogP contribution >= 0.6 is 0 Å². The average Bonchev–Trinajstić information content (AvgIpc) is 1.87. The van der Waals surface area contributed by atoms with Gasteiger partial charge in [0.1, 0.15) is 0 Å². The Hall–Kier alpha value is -0.303. The van der Waals surface area contributed by atoms with E-state index in [0.717, 1.165) is 6.42 Å². The summed E-state index contributed by atoms with van der Waals surface area (Å²) in [6.07, 6.45) is 7.92. The summed E-state index contributed by atoms with van der Waals surface area (Å²) in [5.41, 5.74) is 2.35. The molecule has 0 saturated carbocycles. The van der Waals surface area contributed by atoms with Gasteiger partial charge < -0.3 is 0 Å². The minimum Gasteiger partial charge on any atom is -0.103 e. The van der Waals surface area contributed by atoms with Crippen LogP contribution in [0.5, 0.6) is 0 Å². The van der Waals surface area contributed by atoms with E-state index < -0.39 is 0 Å². The van der Waals surface area contributed by atoms with E-state index in [0.29, 0.717) is 0 Å². The summed E-state index contributed by atoms with van der Waals surface area (Å²) in [4.78, 5) is 0. The van der Waals surface area contributed by atoms with Gasteiger partial charge in [0.15, 0.2) is 0 Å². The smallest absolute Gasteiger partial charge is 0.0688 e. The molecular weight excluding hydrogens is 136 g/mol. The second kappa shape index (κ2) is 6.81. The molecule has 10 heavy (non-hydrogen) atoms. The summed E-state index contributed by atoms with van der Waals surface area (Å²) in [5.74, 6) is 0. The molecule has 1 heteroatoms. The molecule has 0 fully saturated rings. The van der Waals surface area contributed by atoms with Crippen LogP contribution in [0.2, 0.25) is 13.1 Å². The highest BCUT2D eigenvalue weighted by molar-refractivity contribution is 6.61. The predicted molar refractivity (Wildman–Crippen MR) is 50.7 cm³/mol. The Morgan fingerprint density at radius 3 is 2.50 bits per heavy atom. The summed E-state index contributed by atoms with van der Waals surface area (Å²) >= 11 is 0. The number of unbranched alkanes of at least 4 members (excludes halogenated alkanes) is 2. The van der Waals surface area contributed by atoms with E-state index in [1.165, 1.54) is 12.8 Å². The number of allylic oxidation sites excluding steroid dienone is 2. The first-order valence-electron chi connectivity index (χ1n) is 3.85. The molecule has 0 nitrogen and oxygen atoms in total. The van der Waals surface area contributed by atoms with Gasteiger partial charge in [-0.1, -0.05) is 25.2 Å². The van der Waals surface area contributed by atoms with Gasteiger partial charge in [0.2, 0.25) is 0 Å². The van der Waals surface area contributed by atoms with Crippen molar-refractivity contribution in [3.8, 4) is 0 Å².